The summed E-state index contributed by atoms with van der Waals surface area (Å²) in [5.41, 5.74) is 0. The van der Waals surface area contributed by atoms with Crippen LogP contribution < -0.4 is 5.32 Å². The van der Waals surface area contributed by atoms with Gasteiger partial charge in [0.2, 0.25) is 0 Å². The van der Waals surface area contributed by atoms with Crippen molar-refractivity contribution in [1.29, 1.82) is 0 Å². The molecule has 1 aliphatic carbocycles. The molecule has 4 heteroatoms. The van der Waals surface area contributed by atoms with Crippen LogP contribution in [0.1, 0.15) is 30.7 Å². The minimum atomic E-state index is 0.597. The van der Waals surface area contributed by atoms with Crippen LogP contribution in [0.5, 0.6) is 0 Å². The first kappa shape index (κ1) is 11.4. The minimum absolute atomic E-state index is 0.597. The molecule has 1 aromatic rings. The Morgan fingerprint density at radius 3 is 3.07 bits per heavy atom. The number of hydrogen-bond acceptors (Lipinski definition) is 3. The summed E-state index contributed by atoms with van der Waals surface area (Å²) >= 11 is 7.70. The monoisotopic (exact) mass is 244 g/mol. The van der Waals surface area contributed by atoms with Crippen molar-refractivity contribution in [1.82, 2.24) is 10.3 Å². The van der Waals surface area contributed by atoms with Gasteiger partial charge in [0, 0.05) is 30.0 Å². The fraction of sp³-hybridized carbons (Fsp3) is 0.727. The molecule has 0 spiro atoms. The van der Waals surface area contributed by atoms with E-state index in [0.717, 1.165) is 12.4 Å². The number of nitrogens with one attached hydrogen (secondary N) is 1. The lowest BCUT2D eigenvalue weighted by Gasteiger charge is -2.30. The fourth-order valence-corrected chi connectivity index (χ4v) is 3.16. The molecule has 0 saturated heterocycles. The predicted molar refractivity (Wildman–Crippen MR) is 65.4 cm³/mol. The van der Waals surface area contributed by atoms with Crippen LogP contribution in [0.2, 0.25) is 0 Å². The van der Waals surface area contributed by atoms with Gasteiger partial charge >= 0.3 is 0 Å². The molecular weight excluding hydrogens is 228 g/mol. The minimum Gasteiger partial charge on any atom is -0.307 e. The van der Waals surface area contributed by atoms with E-state index in [9.17, 15) is 0 Å². The zero-order valence-electron chi connectivity index (χ0n) is 8.79. The van der Waals surface area contributed by atoms with E-state index in [-0.39, 0.29) is 0 Å². The highest BCUT2D eigenvalue weighted by molar-refractivity contribution is 7.09. The van der Waals surface area contributed by atoms with Crippen LogP contribution in [0.15, 0.2) is 11.6 Å². The standard InChI is InChI=1S/C11H17ClN2S/c12-7-9-3-1-2-4-10(9)14-8-11-13-5-6-15-11/h5-6,9-10,14H,1-4,7-8H2. The van der Waals surface area contributed by atoms with Crippen LogP contribution in [0, 0.1) is 5.92 Å². The van der Waals surface area contributed by atoms with E-state index in [2.05, 4.69) is 10.3 Å². The Morgan fingerprint density at radius 2 is 2.33 bits per heavy atom. The zero-order valence-corrected chi connectivity index (χ0v) is 10.4. The van der Waals surface area contributed by atoms with Gasteiger partial charge in [-0.1, -0.05) is 12.8 Å². The van der Waals surface area contributed by atoms with Crippen molar-refractivity contribution < 1.29 is 0 Å². The lowest BCUT2D eigenvalue weighted by Crippen LogP contribution is -2.38. The molecule has 0 amide bonds. The molecule has 2 nitrogen and oxygen atoms in total. The summed E-state index contributed by atoms with van der Waals surface area (Å²) in [5, 5.41) is 6.79. The van der Waals surface area contributed by atoms with Crippen LogP contribution in [0.3, 0.4) is 0 Å². The van der Waals surface area contributed by atoms with E-state index in [1.54, 1.807) is 11.3 Å². The number of hydrogen-bond donors (Lipinski definition) is 1. The number of rotatable bonds is 4. The van der Waals surface area contributed by atoms with Crippen LogP contribution in [0.4, 0.5) is 0 Å². The molecule has 1 fully saturated rings. The molecule has 15 heavy (non-hydrogen) atoms. The molecule has 2 unspecified atom stereocenters. The normalized spacial score (nSPS) is 26.7. The van der Waals surface area contributed by atoms with Crippen molar-refractivity contribution in [2.75, 3.05) is 5.88 Å². The quantitative estimate of drug-likeness (QED) is 0.824. The summed E-state index contributed by atoms with van der Waals surface area (Å²) in [6, 6.07) is 0.597. The number of halogens is 1. The summed E-state index contributed by atoms with van der Waals surface area (Å²) in [7, 11) is 0. The van der Waals surface area contributed by atoms with Crippen molar-refractivity contribution in [3.63, 3.8) is 0 Å². The summed E-state index contributed by atoms with van der Waals surface area (Å²) in [5.74, 6) is 1.44. The Balaban J connectivity index is 1.81. The number of thiazole rings is 1. The molecule has 1 heterocycles. The van der Waals surface area contributed by atoms with Gasteiger partial charge in [-0.05, 0) is 18.8 Å². The van der Waals surface area contributed by atoms with Gasteiger partial charge in [-0.15, -0.1) is 22.9 Å². The maximum atomic E-state index is 5.98. The maximum absolute atomic E-state index is 5.98. The third kappa shape index (κ3) is 3.16. The number of aromatic nitrogens is 1. The molecular formula is C11H17ClN2S. The van der Waals surface area contributed by atoms with Crippen LogP contribution in [-0.2, 0) is 6.54 Å². The van der Waals surface area contributed by atoms with Gasteiger partial charge < -0.3 is 5.32 Å². The highest BCUT2D eigenvalue weighted by atomic mass is 35.5. The molecule has 0 radical (unpaired) electrons. The molecule has 1 N–H and O–H groups in total. The Kier molecular flexibility index (Phi) is 4.42. The third-order valence-electron chi connectivity index (χ3n) is 3.11. The van der Waals surface area contributed by atoms with Gasteiger partial charge in [0.15, 0.2) is 0 Å². The van der Waals surface area contributed by atoms with E-state index >= 15 is 0 Å². The molecule has 1 saturated carbocycles. The van der Waals surface area contributed by atoms with Crippen molar-refractivity contribution in [3.8, 4) is 0 Å². The van der Waals surface area contributed by atoms with Crippen molar-refractivity contribution in [3.05, 3.63) is 16.6 Å². The smallest absolute Gasteiger partial charge is 0.106 e. The van der Waals surface area contributed by atoms with E-state index in [1.165, 1.54) is 30.7 Å². The second-order valence-electron chi connectivity index (χ2n) is 4.11. The first-order valence-corrected chi connectivity index (χ1v) is 6.99. The van der Waals surface area contributed by atoms with Gasteiger partial charge in [0.1, 0.15) is 5.01 Å². The SMILES string of the molecule is ClCC1CCCCC1NCc1nccs1. The van der Waals surface area contributed by atoms with E-state index in [1.807, 2.05) is 11.6 Å². The topological polar surface area (TPSA) is 24.9 Å². The maximum Gasteiger partial charge on any atom is 0.106 e. The van der Waals surface area contributed by atoms with Crippen molar-refractivity contribution in [2.24, 2.45) is 5.92 Å². The Bertz CT molecular complexity index is 276. The first-order valence-electron chi connectivity index (χ1n) is 5.58. The second kappa shape index (κ2) is 5.83. The average molecular weight is 245 g/mol. The molecule has 84 valence electrons. The van der Waals surface area contributed by atoms with E-state index in [0.29, 0.717) is 12.0 Å². The largest absolute Gasteiger partial charge is 0.307 e. The average Bonchev–Trinajstić information content (AvgIpc) is 2.79. The summed E-state index contributed by atoms with van der Waals surface area (Å²) in [6.07, 6.45) is 7.08. The second-order valence-corrected chi connectivity index (χ2v) is 5.40. The molecule has 2 rings (SSSR count). The van der Waals surface area contributed by atoms with E-state index < -0.39 is 0 Å². The molecule has 0 aromatic carbocycles. The summed E-state index contributed by atoms with van der Waals surface area (Å²) in [4.78, 5) is 4.27. The fourth-order valence-electron chi connectivity index (χ4n) is 2.22. The van der Waals surface area contributed by atoms with E-state index in [4.69, 9.17) is 11.6 Å². The highest BCUT2D eigenvalue weighted by Crippen LogP contribution is 2.25. The van der Waals surface area contributed by atoms with Gasteiger partial charge in [0.05, 0.1) is 0 Å². The lowest BCUT2D eigenvalue weighted by atomic mass is 9.86. The van der Waals surface area contributed by atoms with Crippen molar-refractivity contribution >= 4 is 22.9 Å². The summed E-state index contributed by atoms with van der Waals surface area (Å²) in [6.45, 7) is 0.899. The van der Waals surface area contributed by atoms with Gasteiger partial charge in [-0.25, -0.2) is 4.98 Å². The zero-order chi connectivity index (χ0) is 10.5. The highest BCUT2D eigenvalue weighted by Gasteiger charge is 2.23. The van der Waals surface area contributed by atoms with Crippen LogP contribution in [0.25, 0.3) is 0 Å². The van der Waals surface area contributed by atoms with Gasteiger partial charge in [-0.3, -0.25) is 0 Å². The third-order valence-corrected chi connectivity index (χ3v) is 4.28. The van der Waals surface area contributed by atoms with Gasteiger partial charge in [-0.2, -0.15) is 0 Å². The molecule has 0 aliphatic heterocycles. The van der Waals surface area contributed by atoms with Crippen LogP contribution in [-0.4, -0.2) is 16.9 Å². The number of alkyl halides is 1. The number of nitrogens with zero attached hydrogens (tertiary/aromatic N) is 1. The predicted octanol–water partition coefficient (Wildman–Crippen LogP) is 3.03. The molecule has 0 bridgehead atoms. The van der Waals surface area contributed by atoms with Crippen LogP contribution >= 0.6 is 22.9 Å². The Hall–Kier alpha value is -0.120. The lowest BCUT2D eigenvalue weighted by molar-refractivity contribution is 0.282. The first-order chi connectivity index (χ1) is 7.40. The Morgan fingerprint density at radius 1 is 1.47 bits per heavy atom. The summed E-state index contributed by atoms with van der Waals surface area (Å²) < 4.78 is 0. The Labute approximate surface area is 100 Å². The molecule has 1 aliphatic rings. The van der Waals surface area contributed by atoms with Gasteiger partial charge in [0.25, 0.3) is 0 Å². The van der Waals surface area contributed by atoms with Crippen molar-refractivity contribution in [2.45, 2.75) is 38.3 Å². The molecule has 1 aromatic heterocycles. The molecule has 2 atom stereocenters.